The van der Waals surface area contributed by atoms with Crippen molar-refractivity contribution in [2.75, 3.05) is 18.5 Å². The van der Waals surface area contributed by atoms with E-state index in [-0.39, 0.29) is 18.7 Å². The SMILES string of the molecule is O=c1c(Br)c(NCCc2ccsc2)cnn1CCO. The van der Waals surface area contributed by atoms with Crippen LogP contribution in [-0.4, -0.2) is 28.0 Å². The molecule has 0 bridgehead atoms. The number of nitrogens with zero attached hydrogens (tertiary/aromatic N) is 2. The zero-order valence-corrected chi connectivity index (χ0v) is 12.6. The first-order valence-corrected chi connectivity index (χ1v) is 7.57. The van der Waals surface area contributed by atoms with Gasteiger partial charge in [0.2, 0.25) is 0 Å². The molecule has 102 valence electrons. The highest BCUT2D eigenvalue weighted by Crippen LogP contribution is 2.16. The molecule has 2 aromatic heterocycles. The van der Waals surface area contributed by atoms with Crippen molar-refractivity contribution >= 4 is 33.0 Å². The molecular formula is C12H14BrN3O2S. The summed E-state index contributed by atoms with van der Waals surface area (Å²) in [6, 6.07) is 2.08. The van der Waals surface area contributed by atoms with Crippen molar-refractivity contribution in [3.8, 4) is 0 Å². The Labute approximate surface area is 123 Å². The molecule has 0 aliphatic heterocycles. The third kappa shape index (κ3) is 3.65. The van der Waals surface area contributed by atoms with Gasteiger partial charge in [0.25, 0.3) is 5.56 Å². The van der Waals surface area contributed by atoms with E-state index >= 15 is 0 Å². The molecule has 0 spiro atoms. The van der Waals surface area contributed by atoms with Crippen LogP contribution in [0.25, 0.3) is 0 Å². The molecule has 0 amide bonds. The van der Waals surface area contributed by atoms with E-state index in [9.17, 15) is 4.79 Å². The van der Waals surface area contributed by atoms with Crippen molar-refractivity contribution in [3.05, 3.63) is 43.4 Å². The highest BCUT2D eigenvalue weighted by molar-refractivity contribution is 9.10. The van der Waals surface area contributed by atoms with Crippen LogP contribution in [0, 0.1) is 0 Å². The van der Waals surface area contributed by atoms with E-state index in [4.69, 9.17) is 5.11 Å². The van der Waals surface area contributed by atoms with E-state index < -0.39 is 0 Å². The van der Waals surface area contributed by atoms with E-state index in [1.807, 2.05) is 5.38 Å². The molecule has 0 aliphatic rings. The van der Waals surface area contributed by atoms with Crippen LogP contribution >= 0.6 is 27.3 Å². The minimum Gasteiger partial charge on any atom is -0.394 e. The first-order valence-electron chi connectivity index (χ1n) is 5.84. The van der Waals surface area contributed by atoms with Gasteiger partial charge in [0, 0.05) is 6.54 Å². The molecule has 19 heavy (non-hydrogen) atoms. The minimum atomic E-state index is -0.241. The fourth-order valence-electron chi connectivity index (χ4n) is 1.62. The van der Waals surface area contributed by atoms with Gasteiger partial charge in [-0.05, 0) is 44.7 Å². The van der Waals surface area contributed by atoms with Crippen LogP contribution in [0.5, 0.6) is 0 Å². The van der Waals surface area contributed by atoms with Crippen molar-refractivity contribution in [1.29, 1.82) is 0 Å². The van der Waals surface area contributed by atoms with Gasteiger partial charge in [-0.2, -0.15) is 16.4 Å². The Balaban J connectivity index is 2.01. The van der Waals surface area contributed by atoms with Crippen LogP contribution in [0.3, 0.4) is 0 Å². The van der Waals surface area contributed by atoms with Crippen LogP contribution in [-0.2, 0) is 13.0 Å². The second-order valence-electron chi connectivity index (χ2n) is 3.93. The molecule has 0 fully saturated rings. The third-order valence-electron chi connectivity index (χ3n) is 2.61. The third-order valence-corrected chi connectivity index (χ3v) is 4.10. The molecule has 0 saturated carbocycles. The zero-order valence-electron chi connectivity index (χ0n) is 10.2. The lowest BCUT2D eigenvalue weighted by atomic mass is 10.2. The summed E-state index contributed by atoms with van der Waals surface area (Å²) in [7, 11) is 0. The monoisotopic (exact) mass is 343 g/mol. The van der Waals surface area contributed by atoms with Crippen molar-refractivity contribution in [3.63, 3.8) is 0 Å². The molecule has 2 heterocycles. The molecule has 0 atom stereocenters. The van der Waals surface area contributed by atoms with Gasteiger partial charge < -0.3 is 10.4 Å². The number of nitrogens with one attached hydrogen (secondary N) is 1. The standard InChI is InChI=1S/C12H14BrN3O2S/c13-11-10(7-15-16(4-5-17)12(11)18)14-3-1-9-2-6-19-8-9/h2,6-8,14,17H,1,3-5H2. The highest BCUT2D eigenvalue weighted by Gasteiger charge is 2.08. The van der Waals surface area contributed by atoms with Gasteiger partial charge in [0.15, 0.2) is 0 Å². The van der Waals surface area contributed by atoms with E-state index in [0.717, 1.165) is 13.0 Å². The summed E-state index contributed by atoms with van der Waals surface area (Å²) < 4.78 is 1.68. The Hall–Kier alpha value is -1.18. The summed E-state index contributed by atoms with van der Waals surface area (Å²) in [5.41, 5.74) is 1.71. The predicted molar refractivity (Wildman–Crippen MR) is 79.8 cm³/mol. The number of hydrogen-bond donors (Lipinski definition) is 2. The van der Waals surface area contributed by atoms with E-state index in [0.29, 0.717) is 10.2 Å². The van der Waals surface area contributed by atoms with Crippen LogP contribution < -0.4 is 10.9 Å². The highest BCUT2D eigenvalue weighted by atomic mass is 79.9. The smallest absolute Gasteiger partial charge is 0.283 e. The molecule has 2 rings (SSSR count). The normalized spacial score (nSPS) is 10.6. The van der Waals surface area contributed by atoms with E-state index in [1.54, 1.807) is 17.5 Å². The zero-order chi connectivity index (χ0) is 13.7. The summed E-state index contributed by atoms with van der Waals surface area (Å²) in [6.45, 7) is 0.831. The first kappa shape index (κ1) is 14.2. The van der Waals surface area contributed by atoms with Gasteiger partial charge >= 0.3 is 0 Å². The molecule has 2 aromatic rings. The number of aliphatic hydroxyl groups excluding tert-OH is 1. The Morgan fingerprint density at radius 2 is 2.37 bits per heavy atom. The molecule has 0 unspecified atom stereocenters. The van der Waals surface area contributed by atoms with Crippen LogP contribution in [0.2, 0.25) is 0 Å². The maximum absolute atomic E-state index is 11.9. The lowest BCUT2D eigenvalue weighted by molar-refractivity contribution is 0.266. The lowest BCUT2D eigenvalue weighted by Gasteiger charge is -2.09. The summed E-state index contributed by atoms with van der Waals surface area (Å²) in [5, 5.41) is 20.2. The number of thiophene rings is 1. The van der Waals surface area contributed by atoms with Crippen molar-refractivity contribution < 1.29 is 5.11 Å². The van der Waals surface area contributed by atoms with E-state index in [1.165, 1.54) is 10.2 Å². The van der Waals surface area contributed by atoms with Gasteiger partial charge in [-0.15, -0.1) is 0 Å². The maximum atomic E-state index is 11.9. The summed E-state index contributed by atoms with van der Waals surface area (Å²) in [6.07, 6.45) is 2.49. The largest absolute Gasteiger partial charge is 0.394 e. The van der Waals surface area contributed by atoms with Crippen molar-refractivity contribution in [1.82, 2.24) is 9.78 Å². The summed E-state index contributed by atoms with van der Waals surface area (Å²) in [4.78, 5) is 11.9. The Kier molecular flexibility index (Phi) is 5.12. The van der Waals surface area contributed by atoms with Gasteiger partial charge in [-0.3, -0.25) is 4.79 Å². The Bertz CT molecular complexity index is 583. The first-order chi connectivity index (χ1) is 9.22. The van der Waals surface area contributed by atoms with Gasteiger partial charge in [-0.25, -0.2) is 4.68 Å². The molecule has 0 aromatic carbocycles. The number of aromatic nitrogens is 2. The quantitative estimate of drug-likeness (QED) is 0.837. The maximum Gasteiger partial charge on any atom is 0.283 e. The second kappa shape index (κ2) is 6.83. The predicted octanol–water partition coefficient (Wildman–Crippen LogP) is 1.71. The van der Waals surface area contributed by atoms with Crippen LogP contribution in [0.1, 0.15) is 5.56 Å². The van der Waals surface area contributed by atoms with Crippen molar-refractivity contribution in [2.45, 2.75) is 13.0 Å². The summed E-state index contributed by atoms with van der Waals surface area (Å²) in [5.74, 6) is 0. The fourth-order valence-corrected chi connectivity index (χ4v) is 2.77. The second-order valence-corrected chi connectivity index (χ2v) is 5.51. The summed E-state index contributed by atoms with van der Waals surface area (Å²) >= 11 is 4.94. The van der Waals surface area contributed by atoms with Gasteiger partial charge in [0.05, 0.1) is 25.0 Å². The van der Waals surface area contributed by atoms with Crippen LogP contribution in [0.15, 0.2) is 32.3 Å². The Morgan fingerprint density at radius 3 is 3.05 bits per heavy atom. The van der Waals surface area contributed by atoms with Crippen LogP contribution in [0.4, 0.5) is 5.69 Å². The average Bonchev–Trinajstić information content (AvgIpc) is 2.91. The molecule has 0 saturated heterocycles. The topological polar surface area (TPSA) is 67.2 Å². The van der Waals surface area contributed by atoms with E-state index in [2.05, 4.69) is 37.8 Å². The number of halogens is 1. The molecule has 0 radical (unpaired) electrons. The Morgan fingerprint density at radius 1 is 1.53 bits per heavy atom. The lowest BCUT2D eigenvalue weighted by Crippen LogP contribution is -2.26. The van der Waals surface area contributed by atoms with Gasteiger partial charge in [0.1, 0.15) is 4.47 Å². The molecule has 7 heteroatoms. The number of anilines is 1. The van der Waals surface area contributed by atoms with Gasteiger partial charge in [-0.1, -0.05) is 0 Å². The molecule has 0 aliphatic carbocycles. The molecular weight excluding hydrogens is 330 g/mol. The fraction of sp³-hybridized carbons (Fsp3) is 0.333. The number of rotatable bonds is 6. The minimum absolute atomic E-state index is 0.107. The average molecular weight is 344 g/mol. The number of hydrogen-bond acceptors (Lipinski definition) is 5. The number of aliphatic hydroxyl groups is 1. The molecule has 2 N–H and O–H groups in total. The molecule has 5 nitrogen and oxygen atoms in total. The van der Waals surface area contributed by atoms with Crippen molar-refractivity contribution in [2.24, 2.45) is 0 Å².